The van der Waals surface area contributed by atoms with Crippen molar-refractivity contribution < 1.29 is 38.9 Å². The normalized spacial score (nSPS) is 26.7. The minimum absolute atomic E-state index is 0.00128. The lowest BCUT2D eigenvalue weighted by molar-refractivity contribution is -0.144. The van der Waals surface area contributed by atoms with Crippen molar-refractivity contribution in [3.05, 3.63) is 144 Å². The van der Waals surface area contributed by atoms with Gasteiger partial charge in [0.15, 0.2) is 0 Å². The van der Waals surface area contributed by atoms with Crippen molar-refractivity contribution in [1.82, 2.24) is 10.6 Å². The number of carboxylic acid groups (broad SMARTS) is 2. The van der Waals surface area contributed by atoms with Crippen LogP contribution < -0.4 is 10.6 Å². The van der Waals surface area contributed by atoms with Crippen LogP contribution in [0.3, 0.4) is 0 Å². The predicted molar refractivity (Wildman–Crippen MR) is 208 cm³/mol. The van der Waals surface area contributed by atoms with Crippen molar-refractivity contribution in [3.8, 4) is 22.3 Å². The topological polar surface area (TPSA) is 151 Å². The molecule has 0 aromatic heterocycles. The summed E-state index contributed by atoms with van der Waals surface area (Å²) in [6.07, 6.45) is 8.42. The van der Waals surface area contributed by atoms with E-state index in [-0.39, 0.29) is 48.7 Å². The number of fused-ring (bicyclic) bond motifs is 10. The van der Waals surface area contributed by atoms with E-state index in [4.69, 9.17) is 9.47 Å². The van der Waals surface area contributed by atoms with Gasteiger partial charge in [0.2, 0.25) is 0 Å². The number of amides is 2. The number of rotatable bonds is 8. The molecule has 0 radical (unpaired) electrons. The number of carboxylic acids is 2. The quantitative estimate of drug-likeness (QED) is 0.135. The molecule has 10 nitrogen and oxygen atoms in total. The van der Waals surface area contributed by atoms with E-state index in [1.165, 1.54) is 22.3 Å². The van der Waals surface area contributed by atoms with E-state index in [0.717, 1.165) is 35.1 Å². The number of aliphatic carboxylic acids is 2. The summed E-state index contributed by atoms with van der Waals surface area (Å²) in [6, 6.07) is 31.9. The van der Waals surface area contributed by atoms with Crippen LogP contribution in [0.2, 0.25) is 0 Å². The molecule has 10 heteroatoms. The standard InChI is InChI=1S/2C23H21NO4/c2*25-22(26)20-13-9-10-14(11-13)21(20)24-23(27)28-12-19-17-7-3-1-5-15(17)16-6-2-4-8-18(16)19/h2*1-10,13-14,19-21H,11-12H2,(H,24,27)(H,25,26)/t2*13-,14+,20+,21-/m10/s1. The highest BCUT2D eigenvalue weighted by Crippen LogP contribution is 2.47. The summed E-state index contributed by atoms with van der Waals surface area (Å²) in [5.41, 5.74) is 9.33. The van der Waals surface area contributed by atoms with Crippen molar-refractivity contribution in [3.63, 3.8) is 0 Å². The molecule has 2 fully saturated rings. The van der Waals surface area contributed by atoms with Gasteiger partial charge in [0.1, 0.15) is 13.2 Å². The van der Waals surface area contributed by atoms with Gasteiger partial charge in [-0.2, -0.15) is 0 Å². The molecule has 2 amide bonds. The monoisotopic (exact) mass is 750 g/mol. The average Bonchev–Trinajstić information content (AvgIpc) is 4.07. The fourth-order valence-electron chi connectivity index (χ4n) is 10.3. The minimum atomic E-state index is -0.860. The molecule has 4 bridgehead atoms. The first kappa shape index (κ1) is 35.5. The molecule has 2 saturated carbocycles. The lowest BCUT2D eigenvalue weighted by Gasteiger charge is -2.25. The van der Waals surface area contributed by atoms with Gasteiger partial charge in [-0.15, -0.1) is 0 Å². The van der Waals surface area contributed by atoms with Crippen molar-refractivity contribution in [2.75, 3.05) is 13.2 Å². The molecule has 4 N–H and O–H groups in total. The molecule has 0 spiro atoms. The van der Waals surface area contributed by atoms with Crippen LogP contribution in [0.1, 0.15) is 46.9 Å². The number of hydrogen-bond acceptors (Lipinski definition) is 6. The molecule has 0 saturated heterocycles. The second-order valence-corrected chi connectivity index (χ2v) is 15.6. The number of benzene rings is 4. The number of nitrogens with one attached hydrogen (secondary N) is 2. The first-order valence-corrected chi connectivity index (χ1v) is 19.3. The van der Waals surface area contributed by atoms with E-state index < -0.39 is 48.0 Å². The fraction of sp³-hybridized carbons (Fsp3) is 0.304. The Morgan fingerprint density at radius 2 is 0.786 bits per heavy atom. The Morgan fingerprint density at radius 3 is 1.11 bits per heavy atom. The van der Waals surface area contributed by atoms with Crippen LogP contribution in [0.15, 0.2) is 121 Å². The van der Waals surface area contributed by atoms with Gasteiger partial charge in [0.25, 0.3) is 0 Å². The number of alkyl carbamates (subject to hydrolysis) is 2. The Morgan fingerprint density at radius 1 is 0.482 bits per heavy atom. The summed E-state index contributed by atoms with van der Waals surface area (Å²) in [5.74, 6) is -2.73. The predicted octanol–water partition coefficient (Wildman–Crippen LogP) is 7.60. The molecule has 8 atom stereocenters. The summed E-state index contributed by atoms with van der Waals surface area (Å²) < 4.78 is 11.1. The van der Waals surface area contributed by atoms with Gasteiger partial charge >= 0.3 is 24.1 Å². The number of carbonyl (C=O) groups excluding carboxylic acids is 2. The second kappa shape index (κ2) is 14.5. The van der Waals surface area contributed by atoms with Gasteiger partial charge < -0.3 is 30.3 Å². The highest BCUT2D eigenvalue weighted by Gasteiger charge is 2.50. The van der Waals surface area contributed by atoms with Crippen molar-refractivity contribution in [2.45, 2.75) is 36.8 Å². The maximum Gasteiger partial charge on any atom is 0.407 e. The van der Waals surface area contributed by atoms with E-state index in [1.807, 2.05) is 72.8 Å². The van der Waals surface area contributed by atoms with E-state index in [2.05, 4.69) is 59.2 Å². The Labute approximate surface area is 324 Å². The molecule has 10 rings (SSSR count). The lowest BCUT2D eigenvalue weighted by atomic mass is 9.89. The third-order valence-corrected chi connectivity index (χ3v) is 12.7. The molecule has 4 aromatic rings. The van der Waals surface area contributed by atoms with Crippen LogP contribution in [-0.2, 0) is 19.1 Å². The molecule has 6 aliphatic rings. The number of hydrogen-bond donors (Lipinski definition) is 4. The smallest absolute Gasteiger partial charge is 0.407 e. The van der Waals surface area contributed by atoms with E-state index in [9.17, 15) is 29.4 Å². The fourth-order valence-corrected chi connectivity index (χ4v) is 10.3. The first-order valence-electron chi connectivity index (χ1n) is 19.3. The highest BCUT2D eigenvalue weighted by atomic mass is 16.6. The van der Waals surface area contributed by atoms with Crippen molar-refractivity contribution in [1.29, 1.82) is 0 Å². The van der Waals surface area contributed by atoms with E-state index in [0.29, 0.717) is 0 Å². The zero-order valence-electron chi connectivity index (χ0n) is 30.5. The first-order chi connectivity index (χ1) is 27.3. The maximum absolute atomic E-state index is 12.5. The van der Waals surface area contributed by atoms with Crippen molar-refractivity contribution >= 4 is 24.1 Å². The van der Waals surface area contributed by atoms with Crippen LogP contribution in [0, 0.1) is 35.5 Å². The van der Waals surface area contributed by atoms with Gasteiger partial charge in [0.05, 0.1) is 23.9 Å². The molecular weight excluding hydrogens is 709 g/mol. The Hall–Kier alpha value is -6.16. The second-order valence-electron chi connectivity index (χ2n) is 15.6. The largest absolute Gasteiger partial charge is 0.481 e. The van der Waals surface area contributed by atoms with E-state index >= 15 is 0 Å². The summed E-state index contributed by atoms with van der Waals surface area (Å²) in [5, 5.41) is 24.7. The third-order valence-electron chi connectivity index (χ3n) is 12.7. The SMILES string of the molecule is O=C(N[C@@H]1[C@H](C(=O)O)[C@H]2C=C[C@@H]1C2)OCC1c2ccccc2-c2ccccc21.O=C(N[C@H]1[C@@H](C(=O)O)[C@@H]2C=C[C@H]1C2)OCC1c2ccccc2-c2ccccc21. The third kappa shape index (κ3) is 6.23. The van der Waals surface area contributed by atoms with Crippen LogP contribution >= 0.6 is 0 Å². The number of allylic oxidation sites excluding steroid dienone is 2. The zero-order chi connectivity index (χ0) is 38.5. The Balaban J connectivity index is 0.000000146. The summed E-state index contributed by atoms with van der Waals surface area (Å²) in [4.78, 5) is 48.1. The zero-order valence-corrected chi connectivity index (χ0v) is 30.5. The molecule has 0 heterocycles. The Bertz CT molecular complexity index is 2030. The Kier molecular flexibility index (Phi) is 9.19. The summed E-state index contributed by atoms with van der Waals surface area (Å²) in [6.45, 7) is 0.461. The molecule has 4 aromatic carbocycles. The van der Waals surface area contributed by atoms with Crippen LogP contribution in [-0.4, -0.2) is 59.6 Å². The minimum Gasteiger partial charge on any atom is -0.481 e. The molecule has 0 unspecified atom stereocenters. The van der Waals surface area contributed by atoms with Crippen LogP contribution in [0.25, 0.3) is 22.3 Å². The molecular formula is C46H42N2O8. The van der Waals surface area contributed by atoms with Crippen LogP contribution in [0.5, 0.6) is 0 Å². The molecule has 0 aliphatic heterocycles. The highest BCUT2D eigenvalue weighted by molar-refractivity contribution is 5.81. The number of carbonyl (C=O) groups is 4. The molecule has 284 valence electrons. The van der Waals surface area contributed by atoms with Gasteiger partial charge in [-0.1, -0.05) is 121 Å². The van der Waals surface area contributed by atoms with Gasteiger partial charge in [-0.05, 0) is 81.0 Å². The van der Waals surface area contributed by atoms with Crippen molar-refractivity contribution in [2.24, 2.45) is 35.5 Å². The maximum atomic E-state index is 12.5. The molecule has 6 aliphatic carbocycles. The van der Waals surface area contributed by atoms with Gasteiger partial charge in [-0.3, -0.25) is 9.59 Å². The average molecular weight is 751 g/mol. The summed E-state index contributed by atoms with van der Waals surface area (Å²) in [7, 11) is 0. The summed E-state index contributed by atoms with van der Waals surface area (Å²) >= 11 is 0. The van der Waals surface area contributed by atoms with Gasteiger partial charge in [0, 0.05) is 11.8 Å². The molecule has 56 heavy (non-hydrogen) atoms. The van der Waals surface area contributed by atoms with E-state index in [1.54, 1.807) is 0 Å². The van der Waals surface area contributed by atoms with Gasteiger partial charge in [-0.25, -0.2) is 9.59 Å². The number of ether oxygens (including phenoxy) is 2. The van der Waals surface area contributed by atoms with Crippen LogP contribution in [0.4, 0.5) is 9.59 Å². The lowest BCUT2D eigenvalue weighted by Crippen LogP contribution is -2.46.